The Bertz CT molecular complexity index is 668. The molecule has 1 aromatic carbocycles. The predicted molar refractivity (Wildman–Crippen MR) is 89.0 cm³/mol. The van der Waals surface area contributed by atoms with Crippen molar-refractivity contribution in [2.24, 2.45) is 5.73 Å². The Morgan fingerprint density at radius 2 is 2.00 bits per heavy atom. The molecule has 0 amide bonds. The molecule has 7 heteroatoms. The fourth-order valence-electron chi connectivity index (χ4n) is 2.48. The molecule has 2 N–H and O–H groups in total. The van der Waals surface area contributed by atoms with Crippen LogP contribution in [0, 0.1) is 0 Å². The molecule has 0 saturated heterocycles. The number of nitrogens with zero attached hydrogens (tertiary/aromatic N) is 2. The molecule has 1 fully saturated rings. The summed E-state index contributed by atoms with van der Waals surface area (Å²) >= 11 is 0. The zero-order valence-corrected chi connectivity index (χ0v) is 14.4. The van der Waals surface area contributed by atoms with Gasteiger partial charge in [0.2, 0.25) is 0 Å². The highest BCUT2D eigenvalue weighted by molar-refractivity contribution is 5.85. The Morgan fingerprint density at radius 3 is 2.57 bits per heavy atom. The zero-order chi connectivity index (χ0) is 15.7. The van der Waals surface area contributed by atoms with Crippen LogP contribution < -0.4 is 15.2 Å². The van der Waals surface area contributed by atoms with E-state index in [2.05, 4.69) is 10.1 Å². The molecule has 1 aromatic heterocycles. The van der Waals surface area contributed by atoms with Gasteiger partial charge in [0.1, 0.15) is 0 Å². The van der Waals surface area contributed by atoms with Crippen LogP contribution >= 0.6 is 12.4 Å². The Hall–Kier alpha value is -1.79. The highest BCUT2D eigenvalue weighted by Gasteiger charge is 2.39. The van der Waals surface area contributed by atoms with Gasteiger partial charge in [-0.15, -0.1) is 12.4 Å². The molecular formula is C16H22ClN3O3. The molecular weight excluding hydrogens is 318 g/mol. The Labute approximate surface area is 141 Å². The second kappa shape index (κ2) is 6.76. The van der Waals surface area contributed by atoms with E-state index in [-0.39, 0.29) is 18.5 Å². The molecule has 0 spiro atoms. The van der Waals surface area contributed by atoms with Gasteiger partial charge in [0.05, 0.1) is 18.8 Å². The van der Waals surface area contributed by atoms with Gasteiger partial charge >= 0.3 is 0 Å². The van der Waals surface area contributed by atoms with Crippen LogP contribution in [0.1, 0.15) is 38.9 Å². The van der Waals surface area contributed by atoms with Crippen LogP contribution in [0.25, 0.3) is 11.5 Å². The first-order chi connectivity index (χ1) is 10.5. The number of benzene rings is 1. The van der Waals surface area contributed by atoms with Crippen molar-refractivity contribution >= 4 is 12.4 Å². The van der Waals surface area contributed by atoms with E-state index in [1.807, 2.05) is 32.0 Å². The molecule has 3 rings (SSSR count). The molecule has 0 radical (unpaired) electrons. The molecule has 0 unspecified atom stereocenters. The van der Waals surface area contributed by atoms with Crippen LogP contribution in [0.3, 0.4) is 0 Å². The molecule has 0 atom stereocenters. The van der Waals surface area contributed by atoms with Crippen LogP contribution in [-0.2, 0) is 5.54 Å². The molecule has 6 nitrogen and oxygen atoms in total. The molecule has 23 heavy (non-hydrogen) atoms. The summed E-state index contributed by atoms with van der Waals surface area (Å²) in [7, 11) is 1.61. The van der Waals surface area contributed by atoms with E-state index in [1.54, 1.807) is 7.11 Å². The van der Waals surface area contributed by atoms with E-state index in [1.165, 1.54) is 0 Å². The fourth-order valence-corrected chi connectivity index (χ4v) is 2.48. The lowest BCUT2D eigenvalue weighted by molar-refractivity contribution is 0.229. The van der Waals surface area contributed by atoms with Crippen molar-refractivity contribution in [2.75, 3.05) is 7.11 Å². The van der Waals surface area contributed by atoms with Gasteiger partial charge in [0.15, 0.2) is 17.3 Å². The molecule has 1 heterocycles. The summed E-state index contributed by atoms with van der Waals surface area (Å²) in [6, 6.07) is 5.56. The third-order valence-corrected chi connectivity index (χ3v) is 3.89. The van der Waals surface area contributed by atoms with Crippen molar-refractivity contribution in [3.05, 3.63) is 24.0 Å². The van der Waals surface area contributed by atoms with Crippen molar-refractivity contribution in [2.45, 2.75) is 44.8 Å². The molecule has 0 bridgehead atoms. The minimum Gasteiger partial charge on any atom is -0.493 e. The lowest BCUT2D eigenvalue weighted by Crippen LogP contribution is -2.44. The Balaban J connectivity index is 0.00000192. The fraction of sp³-hybridized carbons (Fsp3) is 0.500. The maximum Gasteiger partial charge on any atom is 0.258 e. The number of nitrogens with two attached hydrogens (primary N) is 1. The zero-order valence-electron chi connectivity index (χ0n) is 13.5. The first kappa shape index (κ1) is 17.6. The third-order valence-electron chi connectivity index (χ3n) is 3.89. The van der Waals surface area contributed by atoms with Crippen molar-refractivity contribution in [1.29, 1.82) is 0 Å². The summed E-state index contributed by atoms with van der Waals surface area (Å²) in [5.74, 6) is 2.35. The second-order valence-electron chi connectivity index (χ2n) is 5.97. The van der Waals surface area contributed by atoms with Crippen LogP contribution in [-0.4, -0.2) is 23.4 Å². The van der Waals surface area contributed by atoms with Gasteiger partial charge in [-0.2, -0.15) is 4.98 Å². The maximum atomic E-state index is 6.22. The summed E-state index contributed by atoms with van der Waals surface area (Å²) < 4.78 is 16.4. The van der Waals surface area contributed by atoms with E-state index in [4.69, 9.17) is 19.7 Å². The standard InChI is InChI=1S/C16H21N3O3.ClH/c1-10(2)21-12-6-5-11(9-13(12)20-3)14-18-15(19-22-14)16(17)7-4-8-16;/h5-6,9-10H,4,7-8,17H2,1-3H3;1H. The van der Waals surface area contributed by atoms with Gasteiger partial charge in [-0.1, -0.05) is 5.16 Å². The average Bonchev–Trinajstić information content (AvgIpc) is 2.94. The van der Waals surface area contributed by atoms with Crippen molar-refractivity contribution < 1.29 is 14.0 Å². The van der Waals surface area contributed by atoms with Crippen LogP contribution in [0.4, 0.5) is 0 Å². The van der Waals surface area contributed by atoms with Gasteiger partial charge in [0.25, 0.3) is 5.89 Å². The number of hydrogen-bond acceptors (Lipinski definition) is 6. The van der Waals surface area contributed by atoms with Gasteiger partial charge in [-0.3, -0.25) is 0 Å². The van der Waals surface area contributed by atoms with E-state index in [0.29, 0.717) is 23.2 Å². The minimum atomic E-state index is -0.424. The highest BCUT2D eigenvalue weighted by atomic mass is 35.5. The van der Waals surface area contributed by atoms with Crippen LogP contribution in [0.5, 0.6) is 11.5 Å². The van der Waals surface area contributed by atoms with E-state index in [0.717, 1.165) is 24.8 Å². The molecule has 1 aliphatic rings. The van der Waals surface area contributed by atoms with Gasteiger partial charge < -0.3 is 19.7 Å². The summed E-state index contributed by atoms with van der Waals surface area (Å²) in [6.45, 7) is 3.94. The number of halogens is 1. The monoisotopic (exact) mass is 339 g/mol. The minimum absolute atomic E-state index is 0. The molecule has 1 saturated carbocycles. The number of methoxy groups -OCH3 is 1. The molecule has 1 aliphatic carbocycles. The van der Waals surface area contributed by atoms with Crippen molar-refractivity contribution in [3.63, 3.8) is 0 Å². The Morgan fingerprint density at radius 1 is 1.26 bits per heavy atom. The van der Waals surface area contributed by atoms with Crippen molar-refractivity contribution in [1.82, 2.24) is 10.1 Å². The number of hydrogen-bond donors (Lipinski definition) is 1. The topological polar surface area (TPSA) is 83.4 Å². The maximum absolute atomic E-state index is 6.22. The second-order valence-corrected chi connectivity index (χ2v) is 5.97. The lowest BCUT2D eigenvalue weighted by atomic mass is 9.77. The van der Waals surface area contributed by atoms with Gasteiger partial charge in [0, 0.05) is 5.56 Å². The summed E-state index contributed by atoms with van der Waals surface area (Å²) in [5, 5.41) is 4.03. The lowest BCUT2D eigenvalue weighted by Gasteiger charge is -2.34. The summed E-state index contributed by atoms with van der Waals surface area (Å²) in [5.41, 5.74) is 6.58. The normalized spacial score (nSPS) is 15.7. The highest BCUT2D eigenvalue weighted by Crippen LogP contribution is 2.38. The number of aromatic nitrogens is 2. The first-order valence-corrected chi connectivity index (χ1v) is 7.50. The van der Waals surface area contributed by atoms with Crippen molar-refractivity contribution in [3.8, 4) is 23.0 Å². The predicted octanol–water partition coefficient (Wildman–Crippen LogP) is 3.29. The summed E-state index contributed by atoms with van der Waals surface area (Å²) in [4.78, 5) is 4.44. The van der Waals surface area contributed by atoms with Crippen LogP contribution in [0.15, 0.2) is 22.7 Å². The third kappa shape index (κ3) is 3.43. The van der Waals surface area contributed by atoms with Gasteiger partial charge in [-0.05, 0) is 51.3 Å². The number of ether oxygens (including phenoxy) is 2. The molecule has 0 aliphatic heterocycles. The number of rotatable bonds is 5. The average molecular weight is 340 g/mol. The van der Waals surface area contributed by atoms with E-state index >= 15 is 0 Å². The van der Waals surface area contributed by atoms with E-state index < -0.39 is 5.54 Å². The SMILES string of the molecule is COc1cc(-c2nc(C3(N)CCC3)no2)ccc1OC(C)C.Cl. The van der Waals surface area contributed by atoms with E-state index in [9.17, 15) is 0 Å². The molecule has 2 aromatic rings. The first-order valence-electron chi connectivity index (χ1n) is 7.50. The van der Waals surface area contributed by atoms with Crippen LogP contribution in [0.2, 0.25) is 0 Å². The molecule has 126 valence electrons. The summed E-state index contributed by atoms with van der Waals surface area (Å²) in [6.07, 6.45) is 2.98. The largest absolute Gasteiger partial charge is 0.493 e. The quantitative estimate of drug-likeness (QED) is 0.899. The Kier molecular flexibility index (Phi) is 5.16. The smallest absolute Gasteiger partial charge is 0.258 e. The van der Waals surface area contributed by atoms with Gasteiger partial charge in [-0.25, -0.2) is 0 Å².